The predicted octanol–water partition coefficient (Wildman–Crippen LogP) is -0.290. The number of aliphatic carboxylic acids is 1. The molecule has 0 aliphatic carbocycles. The summed E-state index contributed by atoms with van der Waals surface area (Å²) in [4.78, 5) is 24.6. The molecule has 102 valence electrons. The smallest absolute Gasteiger partial charge is 0.311 e. The van der Waals surface area contributed by atoms with Gasteiger partial charge < -0.3 is 20.1 Å². The lowest BCUT2D eigenvalue weighted by molar-refractivity contribution is -0.144. The normalized spacial score (nSPS) is 22.7. The fourth-order valence-electron chi connectivity index (χ4n) is 2.06. The number of carbonyl (C=O) groups excluding carboxylic acids is 1. The highest BCUT2D eigenvalue weighted by Crippen LogP contribution is 2.20. The Bertz CT molecular complexity index is 319. The molecule has 0 aromatic rings. The maximum absolute atomic E-state index is 12.0. The fraction of sp³-hybridized carbons (Fsp3) is 0.667. The van der Waals surface area contributed by atoms with E-state index in [1.807, 2.05) is 6.92 Å². The maximum Gasteiger partial charge on any atom is 0.311 e. The molecule has 2 N–H and O–H groups in total. The van der Waals surface area contributed by atoms with Crippen molar-refractivity contribution >= 4 is 11.9 Å². The Morgan fingerprint density at radius 3 is 2.83 bits per heavy atom. The van der Waals surface area contributed by atoms with Crippen LogP contribution < -0.4 is 5.32 Å². The molecule has 0 aromatic heterocycles. The molecule has 6 heteroatoms. The number of nitrogens with one attached hydrogen (secondary N) is 1. The third kappa shape index (κ3) is 3.54. The monoisotopic (exact) mass is 256 g/mol. The highest BCUT2D eigenvalue weighted by molar-refractivity contribution is 5.80. The van der Waals surface area contributed by atoms with Crippen molar-refractivity contribution in [1.29, 1.82) is 0 Å². The van der Waals surface area contributed by atoms with Crippen LogP contribution in [0.5, 0.6) is 0 Å². The molecule has 0 aromatic carbocycles. The number of carbonyl (C=O) groups is 2. The van der Waals surface area contributed by atoms with E-state index in [9.17, 15) is 9.59 Å². The van der Waals surface area contributed by atoms with Crippen molar-refractivity contribution in [2.45, 2.75) is 13.0 Å². The Morgan fingerprint density at radius 2 is 2.28 bits per heavy atom. The van der Waals surface area contributed by atoms with Crippen molar-refractivity contribution in [3.63, 3.8) is 0 Å². The molecule has 0 spiro atoms. The minimum atomic E-state index is -0.914. The number of amides is 1. The molecule has 0 bridgehead atoms. The third-order valence-electron chi connectivity index (χ3n) is 2.99. The van der Waals surface area contributed by atoms with Crippen LogP contribution in [0.3, 0.4) is 0 Å². The van der Waals surface area contributed by atoms with E-state index in [4.69, 9.17) is 9.84 Å². The van der Waals surface area contributed by atoms with Crippen LogP contribution in [-0.2, 0) is 14.3 Å². The van der Waals surface area contributed by atoms with Gasteiger partial charge in [0.1, 0.15) is 5.92 Å². The zero-order valence-corrected chi connectivity index (χ0v) is 10.6. The van der Waals surface area contributed by atoms with Crippen molar-refractivity contribution in [1.82, 2.24) is 10.2 Å². The predicted molar refractivity (Wildman–Crippen MR) is 66.2 cm³/mol. The Labute approximate surface area is 107 Å². The number of carboxylic acids is 1. The van der Waals surface area contributed by atoms with Crippen molar-refractivity contribution in [3.8, 4) is 0 Å². The molecule has 2 atom stereocenters. The van der Waals surface area contributed by atoms with Gasteiger partial charge in [-0.1, -0.05) is 6.08 Å². The van der Waals surface area contributed by atoms with Gasteiger partial charge in [-0.15, -0.1) is 6.58 Å². The molecule has 6 nitrogen and oxygen atoms in total. The van der Waals surface area contributed by atoms with E-state index in [0.29, 0.717) is 13.1 Å². The van der Waals surface area contributed by atoms with E-state index < -0.39 is 11.9 Å². The van der Waals surface area contributed by atoms with Crippen LogP contribution in [0.15, 0.2) is 12.7 Å². The van der Waals surface area contributed by atoms with Crippen LogP contribution in [0.1, 0.15) is 6.92 Å². The first-order valence-corrected chi connectivity index (χ1v) is 6.03. The van der Waals surface area contributed by atoms with Gasteiger partial charge in [0.25, 0.3) is 0 Å². The Balaban J connectivity index is 2.61. The number of hydrogen-bond donors (Lipinski definition) is 2. The second-order valence-electron chi connectivity index (χ2n) is 4.15. The number of hydrogen-bond acceptors (Lipinski definition) is 4. The SMILES string of the molecule is C=CCNCC(=O)N(CC)C1COCC1C(=O)O. The summed E-state index contributed by atoms with van der Waals surface area (Å²) in [5.41, 5.74) is 0. The quantitative estimate of drug-likeness (QED) is 0.483. The molecule has 1 aliphatic heterocycles. The van der Waals surface area contributed by atoms with Crippen molar-refractivity contribution < 1.29 is 19.4 Å². The average molecular weight is 256 g/mol. The van der Waals surface area contributed by atoms with Crippen molar-refractivity contribution in [2.75, 3.05) is 32.8 Å². The number of carboxylic acid groups (broad SMARTS) is 1. The first-order chi connectivity index (χ1) is 8.61. The number of rotatable bonds is 7. The van der Waals surface area contributed by atoms with E-state index in [2.05, 4.69) is 11.9 Å². The lowest BCUT2D eigenvalue weighted by Gasteiger charge is -2.29. The van der Waals surface area contributed by atoms with Gasteiger partial charge in [0.05, 0.1) is 25.8 Å². The van der Waals surface area contributed by atoms with E-state index in [1.165, 1.54) is 0 Å². The third-order valence-corrected chi connectivity index (χ3v) is 2.99. The van der Waals surface area contributed by atoms with Crippen LogP contribution in [-0.4, -0.2) is 60.8 Å². The molecular weight excluding hydrogens is 236 g/mol. The number of ether oxygens (including phenoxy) is 1. The highest BCUT2D eigenvalue weighted by atomic mass is 16.5. The summed E-state index contributed by atoms with van der Waals surface area (Å²) in [6.07, 6.45) is 1.67. The van der Waals surface area contributed by atoms with E-state index in [1.54, 1.807) is 11.0 Å². The summed E-state index contributed by atoms with van der Waals surface area (Å²) >= 11 is 0. The standard InChI is InChI=1S/C12H20N2O4/c1-3-5-13-6-11(15)14(4-2)10-8-18-7-9(10)12(16)17/h3,9-10,13H,1,4-8H2,2H3,(H,16,17). The molecule has 0 radical (unpaired) electrons. The minimum absolute atomic E-state index is 0.110. The Hall–Kier alpha value is -1.40. The average Bonchev–Trinajstić information content (AvgIpc) is 2.79. The Kier molecular flexibility index (Phi) is 5.80. The topological polar surface area (TPSA) is 78.9 Å². The minimum Gasteiger partial charge on any atom is -0.481 e. The number of nitrogens with zero attached hydrogens (tertiary/aromatic N) is 1. The van der Waals surface area contributed by atoms with Gasteiger partial charge in [-0.2, -0.15) is 0 Å². The fourth-order valence-corrected chi connectivity index (χ4v) is 2.06. The van der Waals surface area contributed by atoms with Gasteiger partial charge in [-0.05, 0) is 6.92 Å². The molecule has 1 saturated heterocycles. The zero-order chi connectivity index (χ0) is 13.5. The highest BCUT2D eigenvalue weighted by Gasteiger charge is 2.39. The largest absolute Gasteiger partial charge is 0.481 e. The lowest BCUT2D eigenvalue weighted by Crippen LogP contribution is -2.49. The molecule has 2 unspecified atom stereocenters. The van der Waals surface area contributed by atoms with Crippen molar-refractivity contribution in [2.24, 2.45) is 5.92 Å². The van der Waals surface area contributed by atoms with Crippen LogP contribution in [0.4, 0.5) is 0 Å². The second-order valence-corrected chi connectivity index (χ2v) is 4.15. The van der Waals surface area contributed by atoms with E-state index >= 15 is 0 Å². The first-order valence-electron chi connectivity index (χ1n) is 6.03. The zero-order valence-electron chi connectivity index (χ0n) is 10.6. The van der Waals surface area contributed by atoms with Gasteiger partial charge in [-0.25, -0.2) is 0 Å². The van der Waals surface area contributed by atoms with Gasteiger partial charge in [0, 0.05) is 13.1 Å². The molecule has 1 aliphatic rings. The molecular formula is C12H20N2O4. The van der Waals surface area contributed by atoms with Gasteiger partial charge in [0.15, 0.2) is 0 Å². The van der Waals surface area contributed by atoms with Crippen LogP contribution in [0.2, 0.25) is 0 Å². The summed E-state index contributed by atoms with van der Waals surface area (Å²) in [5, 5.41) is 12.0. The summed E-state index contributed by atoms with van der Waals surface area (Å²) < 4.78 is 5.18. The van der Waals surface area contributed by atoms with Gasteiger partial charge in [0.2, 0.25) is 5.91 Å². The van der Waals surface area contributed by atoms with E-state index in [0.717, 1.165) is 0 Å². The maximum atomic E-state index is 12.0. The van der Waals surface area contributed by atoms with Crippen molar-refractivity contribution in [3.05, 3.63) is 12.7 Å². The van der Waals surface area contributed by atoms with Gasteiger partial charge >= 0.3 is 5.97 Å². The second kappa shape index (κ2) is 7.13. The number of likely N-dealkylation sites (N-methyl/N-ethyl adjacent to an activating group) is 1. The van der Waals surface area contributed by atoms with Crippen LogP contribution in [0.25, 0.3) is 0 Å². The molecule has 1 rings (SSSR count). The van der Waals surface area contributed by atoms with E-state index in [-0.39, 0.29) is 31.7 Å². The Morgan fingerprint density at radius 1 is 1.56 bits per heavy atom. The van der Waals surface area contributed by atoms with Gasteiger partial charge in [-0.3, -0.25) is 9.59 Å². The lowest BCUT2D eigenvalue weighted by atomic mass is 10.0. The first kappa shape index (κ1) is 14.7. The van der Waals surface area contributed by atoms with Crippen LogP contribution in [0, 0.1) is 5.92 Å². The molecule has 1 fully saturated rings. The summed E-state index contributed by atoms with van der Waals surface area (Å²) in [6.45, 7) is 7.06. The summed E-state index contributed by atoms with van der Waals surface area (Å²) in [6, 6.07) is -0.370. The van der Waals surface area contributed by atoms with Crippen LogP contribution >= 0.6 is 0 Å². The molecule has 18 heavy (non-hydrogen) atoms. The molecule has 1 heterocycles. The summed E-state index contributed by atoms with van der Waals surface area (Å²) in [7, 11) is 0. The molecule has 0 saturated carbocycles. The summed E-state index contributed by atoms with van der Waals surface area (Å²) in [5.74, 6) is -1.66. The molecule has 1 amide bonds.